The van der Waals surface area contributed by atoms with Gasteiger partial charge in [0.15, 0.2) is 11.5 Å². The van der Waals surface area contributed by atoms with Gasteiger partial charge >= 0.3 is 57.4 Å². The van der Waals surface area contributed by atoms with E-state index in [-0.39, 0.29) is 70.4 Å². The van der Waals surface area contributed by atoms with Crippen LogP contribution in [0.2, 0.25) is 0 Å². The minimum Gasteiger partial charge on any atom is -0.550 e. The predicted octanol–water partition coefficient (Wildman–Crippen LogP) is -2.20. The van der Waals surface area contributed by atoms with E-state index in [0.717, 1.165) is 10.0 Å². The zero-order valence-electron chi connectivity index (χ0n) is 13.4. The molecule has 2 N–H and O–H groups in total. The van der Waals surface area contributed by atoms with Crippen molar-refractivity contribution in [1.82, 2.24) is 10.6 Å². The molecule has 7 nitrogen and oxygen atoms in total. The third kappa shape index (κ3) is 8.36. The molecule has 0 bridgehead atoms. The number of halogens is 1. The number of aliphatic carboxylic acids is 1. The zero-order valence-corrected chi connectivity index (χ0v) is 18.1. The molecule has 0 unspecified atom stereocenters. The third-order valence-electron chi connectivity index (χ3n) is 2.79. The summed E-state index contributed by atoms with van der Waals surface area (Å²) in [6, 6.07) is 3.21. The van der Waals surface area contributed by atoms with Gasteiger partial charge in [-0.15, -0.1) is 0 Å². The van der Waals surface area contributed by atoms with Gasteiger partial charge in [-0.1, -0.05) is 0 Å². The predicted molar refractivity (Wildman–Crippen MR) is 81.7 cm³/mol. The molecule has 122 valence electrons. The second kappa shape index (κ2) is 12.1. The number of amides is 2. The Balaban J connectivity index is 0.00000484. The van der Waals surface area contributed by atoms with Crippen molar-refractivity contribution >= 4 is 27.9 Å². The number of hydrogen-bond donors (Lipinski definition) is 2. The molecular weight excluding hydrogens is 395 g/mol. The van der Waals surface area contributed by atoms with Crippen molar-refractivity contribution < 1.29 is 75.6 Å². The molecule has 1 aromatic carbocycles. The van der Waals surface area contributed by atoms with Crippen molar-refractivity contribution in [3.8, 4) is 11.5 Å². The number of ether oxygens (including phenoxy) is 2. The SMILES string of the molecule is COc1cc(CNC(=O)NCCCC(=O)[O-])cc(Br)c1OC.[K+]. The van der Waals surface area contributed by atoms with Gasteiger partial charge in [0, 0.05) is 19.1 Å². The summed E-state index contributed by atoms with van der Waals surface area (Å²) in [5.41, 5.74) is 0.828. The first-order valence-electron chi connectivity index (χ1n) is 6.60. The van der Waals surface area contributed by atoms with E-state index >= 15 is 0 Å². The first-order valence-corrected chi connectivity index (χ1v) is 7.39. The number of hydrogen-bond acceptors (Lipinski definition) is 5. The van der Waals surface area contributed by atoms with E-state index in [9.17, 15) is 14.7 Å². The number of urea groups is 1. The number of nitrogens with one attached hydrogen (secondary N) is 2. The van der Waals surface area contributed by atoms with Crippen LogP contribution in [0.25, 0.3) is 0 Å². The fourth-order valence-electron chi connectivity index (χ4n) is 1.75. The minimum atomic E-state index is -1.13. The van der Waals surface area contributed by atoms with Gasteiger partial charge in [-0.3, -0.25) is 0 Å². The molecule has 0 saturated heterocycles. The standard InChI is InChI=1S/C14H19BrN2O5.K/c1-21-11-7-9(6-10(15)13(11)22-2)8-17-14(20)16-5-3-4-12(18)19;/h6-7H,3-5,8H2,1-2H3,(H,18,19)(H2,16,17,20);/q;+1/p-1. The summed E-state index contributed by atoms with van der Waals surface area (Å²) >= 11 is 3.38. The first-order chi connectivity index (χ1) is 10.5. The molecule has 0 fully saturated rings. The molecule has 2 amide bonds. The minimum absolute atomic E-state index is 0. The van der Waals surface area contributed by atoms with Gasteiger partial charge in [0.05, 0.1) is 18.7 Å². The van der Waals surface area contributed by atoms with Crippen molar-refractivity contribution in [2.45, 2.75) is 19.4 Å². The van der Waals surface area contributed by atoms with Gasteiger partial charge in [-0.2, -0.15) is 0 Å². The van der Waals surface area contributed by atoms with Crippen LogP contribution in [-0.2, 0) is 11.3 Å². The maximum atomic E-state index is 11.6. The van der Waals surface area contributed by atoms with E-state index in [1.807, 2.05) is 6.07 Å². The van der Waals surface area contributed by atoms with E-state index in [1.165, 1.54) is 7.11 Å². The average Bonchev–Trinajstić information content (AvgIpc) is 2.48. The fraction of sp³-hybridized carbons (Fsp3) is 0.429. The molecule has 0 aliphatic rings. The van der Waals surface area contributed by atoms with E-state index < -0.39 is 5.97 Å². The van der Waals surface area contributed by atoms with E-state index in [4.69, 9.17) is 9.47 Å². The smallest absolute Gasteiger partial charge is 0.550 e. The molecule has 0 radical (unpaired) electrons. The third-order valence-corrected chi connectivity index (χ3v) is 3.38. The van der Waals surface area contributed by atoms with Crippen LogP contribution in [0.15, 0.2) is 16.6 Å². The van der Waals surface area contributed by atoms with Crippen molar-refractivity contribution in [2.75, 3.05) is 20.8 Å². The molecule has 9 heteroatoms. The van der Waals surface area contributed by atoms with Crippen molar-refractivity contribution in [3.05, 3.63) is 22.2 Å². The number of benzene rings is 1. The number of carboxylic acid groups (broad SMARTS) is 1. The van der Waals surface area contributed by atoms with Gasteiger partial charge in [0.1, 0.15) is 0 Å². The summed E-state index contributed by atoms with van der Waals surface area (Å²) in [7, 11) is 3.08. The van der Waals surface area contributed by atoms with E-state index in [2.05, 4.69) is 26.6 Å². The molecule has 0 aromatic heterocycles. The normalized spacial score (nSPS) is 9.52. The Labute approximate surface area is 186 Å². The molecule has 0 aliphatic carbocycles. The number of carbonyl (C=O) groups is 2. The van der Waals surface area contributed by atoms with Gasteiger partial charge in [0.25, 0.3) is 0 Å². The second-order valence-electron chi connectivity index (χ2n) is 4.40. The summed E-state index contributed by atoms with van der Waals surface area (Å²) in [4.78, 5) is 21.8. The Bertz CT molecular complexity index is 542. The van der Waals surface area contributed by atoms with Gasteiger partial charge in [0.2, 0.25) is 0 Å². The molecule has 1 rings (SSSR count). The first kappa shape index (κ1) is 22.7. The molecular formula is C14H18BrKN2O5. The van der Waals surface area contributed by atoms with Crippen molar-refractivity contribution in [1.29, 1.82) is 0 Å². The average molecular weight is 413 g/mol. The van der Waals surface area contributed by atoms with E-state index in [0.29, 0.717) is 24.5 Å². The summed E-state index contributed by atoms with van der Waals surface area (Å²) in [6.45, 7) is 0.570. The van der Waals surface area contributed by atoms with Crippen LogP contribution in [0.4, 0.5) is 4.79 Å². The Hall–Kier alpha value is -0.324. The van der Waals surface area contributed by atoms with E-state index in [1.54, 1.807) is 13.2 Å². The largest absolute Gasteiger partial charge is 1.00 e. The maximum absolute atomic E-state index is 11.6. The maximum Gasteiger partial charge on any atom is 1.00 e. The molecule has 0 aliphatic heterocycles. The zero-order chi connectivity index (χ0) is 16.5. The molecule has 0 heterocycles. The molecule has 0 atom stereocenters. The quantitative estimate of drug-likeness (QED) is 0.372. The molecule has 0 saturated carbocycles. The summed E-state index contributed by atoms with van der Waals surface area (Å²) in [6.07, 6.45) is 0.251. The Morgan fingerprint density at radius 2 is 1.91 bits per heavy atom. The van der Waals surface area contributed by atoms with Crippen molar-refractivity contribution in [3.63, 3.8) is 0 Å². The fourth-order valence-corrected chi connectivity index (χ4v) is 2.40. The molecule has 0 spiro atoms. The Morgan fingerprint density at radius 3 is 2.48 bits per heavy atom. The van der Waals surface area contributed by atoms with Gasteiger partial charge in [-0.05, 0) is 46.5 Å². The monoisotopic (exact) mass is 412 g/mol. The van der Waals surface area contributed by atoms with Crippen LogP contribution in [0.3, 0.4) is 0 Å². The van der Waals surface area contributed by atoms with Gasteiger partial charge in [-0.25, -0.2) is 4.79 Å². The van der Waals surface area contributed by atoms with Crippen LogP contribution in [-0.4, -0.2) is 32.8 Å². The van der Waals surface area contributed by atoms with Crippen molar-refractivity contribution in [2.24, 2.45) is 0 Å². The number of rotatable bonds is 8. The van der Waals surface area contributed by atoms with Crippen LogP contribution in [0.1, 0.15) is 18.4 Å². The molecule has 23 heavy (non-hydrogen) atoms. The number of carbonyl (C=O) groups excluding carboxylic acids is 2. The van der Waals surface area contributed by atoms with Crippen LogP contribution >= 0.6 is 15.9 Å². The number of methoxy groups -OCH3 is 2. The van der Waals surface area contributed by atoms with Crippen LogP contribution < -0.4 is 76.6 Å². The van der Waals surface area contributed by atoms with Crippen LogP contribution in [0.5, 0.6) is 11.5 Å². The second-order valence-corrected chi connectivity index (χ2v) is 5.25. The summed E-state index contributed by atoms with van der Waals surface area (Å²) in [5, 5.41) is 15.5. The Morgan fingerprint density at radius 1 is 1.22 bits per heavy atom. The Kier molecular flexibility index (Phi) is 11.9. The topological polar surface area (TPSA) is 99.7 Å². The van der Waals surface area contributed by atoms with Crippen LogP contribution in [0, 0.1) is 0 Å². The van der Waals surface area contributed by atoms with Gasteiger partial charge < -0.3 is 30.0 Å². The summed E-state index contributed by atoms with van der Waals surface area (Å²) in [5.74, 6) is 0.0124. The molecule has 1 aromatic rings. The summed E-state index contributed by atoms with van der Waals surface area (Å²) < 4.78 is 11.2. The number of carboxylic acids is 1.